The van der Waals surface area contributed by atoms with Crippen molar-refractivity contribution in [3.8, 4) is 17.4 Å². The number of nitrogens with zero attached hydrogens (tertiary/aromatic N) is 4. The van der Waals surface area contributed by atoms with E-state index >= 15 is 0 Å². The van der Waals surface area contributed by atoms with Crippen molar-refractivity contribution in [3.63, 3.8) is 0 Å². The highest BCUT2D eigenvalue weighted by molar-refractivity contribution is 6.31. The number of halogens is 1. The Labute approximate surface area is 245 Å². The maximum absolute atomic E-state index is 13.3. The van der Waals surface area contributed by atoms with E-state index < -0.39 is 0 Å². The van der Waals surface area contributed by atoms with Gasteiger partial charge in [0.15, 0.2) is 0 Å². The zero-order valence-electron chi connectivity index (χ0n) is 24.0. The quantitative estimate of drug-likeness (QED) is 0.383. The lowest BCUT2D eigenvalue weighted by atomic mass is 9.90. The predicted molar refractivity (Wildman–Crippen MR) is 158 cm³/mol. The number of fused-ring (bicyclic) bond motifs is 1. The lowest BCUT2D eigenvalue weighted by Gasteiger charge is -2.36. The highest BCUT2D eigenvalue weighted by atomic mass is 35.5. The maximum atomic E-state index is 13.3. The van der Waals surface area contributed by atoms with Crippen molar-refractivity contribution < 1.29 is 19.1 Å². The summed E-state index contributed by atoms with van der Waals surface area (Å²) in [5.41, 5.74) is 3.28. The number of anilines is 2. The molecule has 2 aliphatic rings. The molecule has 1 fully saturated rings. The number of methoxy groups -OCH3 is 1. The van der Waals surface area contributed by atoms with Crippen molar-refractivity contribution in [2.24, 2.45) is 5.92 Å². The largest absolute Gasteiger partial charge is 0.495 e. The molecule has 2 N–H and O–H groups in total. The number of aryl methyl sites for hydroxylation is 1. The molecule has 2 amide bonds. The lowest BCUT2D eigenvalue weighted by Crippen LogP contribution is -2.49. The lowest BCUT2D eigenvalue weighted by molar-refractivity contribution is 0.0813. The van der Waals surface area contributed by atoms with Gasteiger partial charge in [0.1, 0.15) is 16.5 Å². The molecule has 0 unspecified atom stereocenters. The van der Waals surface area contributed by atoms with Crippen LogP contribution >= 0.6 is 11.6 Å². The van der Waals surface area contributed by atoms with Gasteiger partial charge in [0, 0.05) is 31.7 Å². The third-order valence-corrected chi connectivity index (χ3v) is 8.07. The van der Waals surface area contributed by atoms with Gasteiger partial charge >= 0.3 is 0 Å². The average molecular weight is 579 g/mol. The van der Waals surface area contributed by atoms with Crippen molar-refractivity contribution in [1.82, 2.24) is 25.1 Å². The number of aromatic nitrogens is 2. The molecular formula is C30H35ClN6O4. The molecule has 10 nitrogen and oxygen atoms in total. The number of hydrogen-bond donors (Lipinski definition) is 2. The van der Waals surface area contributed by atoms with Gasteiger partial charge in [-0.25, -0.2) is 4.98 Å². The van der Waals surface area contributed by atoms with E-state index in [1.165, 1.54) is 6.20 Å². The fourth-order valence-corrected chi connectivity index (χ4v) is 5.65. The summed E-state index contributed by atoms with van der Waals surface area (Å²) >= 11 is 6.37. The van der Waals surface area contributed by atoms with E-state index in [2.05, 4.69) is 39.5 Å². The molecule has 1 aromatic heterocycles. The molecule has 3 aromatic rings. The van der Waals surface area contributed by atoms with Gasteiger partial charge < -0.3 is 29.9 Å². The van der Waals surface area contributed by atoms with Crippen LogP contribution in [-0.4, -0.2) is 71.9 Å². The number of amides is 2. The topological polar surface area (TPSA) is 109 Å². The van der Waals surface area contributed by atoms with Crippen molar-refractivity contribution in [2.45, 2.75) is 39.3 Å². The summed E-state index contributed by atoms with van der Waals surface area (Å²) in [5, 5.41) is 6.61. The number of carbonyl (C=O) groups excluding carboxylic acids is 2. The van der Waals surface area contributed by atoms with E-state index in [9.17, 15) is 9.59 Å². The van der Waals surface area contributed by atoms with Crippen LogP contribution in [-0.2, 0) is 6.54 Å². The summed E-state index contributed by atoms with van der Waals surface area (Å²) in [6, 6.07) is 9.13. The number of rotatable bonds is 8. The SMILES string of the molecule is CC[C@H]1CN(C)CC[C@H]1NC(=O)c1cc(OC)c(Nc2ncc(Cl)c(Oc3cccc4c3C(=O)N(C)C4)n2)cc1C. The monoisotopic (exact) mass is 578 g/mol. The Bertz CT molecular complexity index is 1480. The zero-order chi connectivity index (χ0) is 29.3. The first-order valence-corrected chi connectivity index (χ1v) is 14.1. The molecule has 1 saturated heterocycles. The molecule has 0 saturated carbocycles. The van der Waals surface area contributed by atoms with E-state index in [-0.39, 0.29) is 34.7 Å². The minimum atomic E-state index is -0.121. The van der Waals surface area contributed by atoms with E-state index in [1.807, 2.05) is 25.1 Å². The summed E-state index contributed by atoms with van der Waals surface area (Å²) < 4.78 is 11.6. The summed E-state index contributed by atoms with van der Waals surface area (Å²) in [6.45, 7) is 6.49. The molecule has 0 radical (unpaired) electrons. The van der Waals surface area contributed by atoms with Gasteiger partial charge in [0.25, 0.3) is 11.8 Å². The third kappa shape index (κ3) is 5.94. The van der Waals surface area contributed by atoms with Crippen LogP contribution in [0.1, 0.15) is 51.6 Å². The zero-order valence-corrected chi connectivity index (χ0v) is 24.7. The molecule has 41 heavy (non-hydrogen) atoms. The van der Waals surface area contributed by atoms with Crippen LogP contribution < -0.4 is 20.1 Å². The number of hydrogen-bond acceptors (Lipinski definition) is 8. The Morgan fingerprint density at radius 2 is 2.02 bits per heavy atom. The molecule has 5 rings (SSSR count). The van der Waals surface area contributed by atoms with Gasteiger partial charge in [-0.05, 0) is 62.2 Å². The van der Waals surface area contributed by atoms with Crippen LogP contribution in [0.5, 0.6) is 17.4 Å². The fourth-order valence-electron chi connectivity index (χ4n) is 5.53. The predicted octanol–water partition coefficient (Wildman–Crippen LogP) is 5.03. The van der Waals surface area contributed by atoms with Crippen molar-refractivity contribution in [2.75, 3.05) is 39.6 Å². The standard InChI is InChI=1S/C30H35ClN6O4/c1-6-18-15-36(3)11-10-22(18)33-27(38)20-13-25(40-5)23(12-17(20)2)34-30-32-14-21(31)28(35-30)41-24-9-7-8-19-16-37(4)29(39)26(19)24/h7-9,12-14,18,22H,6,10-11,15-16H2,1-5H3,(H,33,38)(H,32,34,35)/t18-,22+/m0/s1. The summed E-state index contributed by atoms with van der Waals surface area (Å²) in [6.07, 6.45) is 3.36. The molecule has 2 aliphatic heterocycles. The van der Waals surface area contributed by atoms with Crippen LogP contribution in [0.4, 0.5) is 11.6 Å². The Morgan fingerprint density at radius 1 is 1.22 bits per heavy atom. The molecular weight excluding hydrogens is 544 g/mol. The number of piperidine rings is 1. The smallest absolute Gasteiger partial charge is 0.258 e. The second-order valence-electron chi connectivity index (χ2n) is 10.7. The molecule has 0 bridgehead atoms. The van der Waals surface area contributed by atoms with Gasteiger partial charge in [0.2, 0.25) is 11.8 Å². The van der Waals surface area contributed by atoms with E-state index in [0.717, 1.165) is 37.1 Å². The van der Waals surface area contributed by atoms with Gasteiger partial charge in [-0.15, -0.1) is 0 Å². The summed E-state index contributed by atoms with van der Waals surface area (Å²) in [7, 11) is 5.41. The van der Waals surface area contributed by atoms with Gasteiger partial charge in [-0.3, -0.25) is 9.59 Å². The number of likely N-dealkylation sites (tertiary alicyclic amines) is 1. The summed E-state index contributed by atoms with van der Waals surface area (Å²) in [5.74, 6) is 1.34. The Morgan fingerprint density at radius 3 is 2.78 bits per heavy atom. The normalized spacial score (nSPS) is 18.7. The summed E-state index contributed by atoms with van der Waals surface area (Å²) in [4.78, 5) is 38.7. The van der Waals surface area contributed by atoms with Gasteiger partial charge in [0.05, 0.1) is 24.6 Å². The molecule has 0 aliphatic carbocycles. The van der Waals surface area contributed by atoms with E-state index in [4.69, 9.17) is 21.1 Å². The van der Waals surface area contributed by atoms with E-state index in [0.29, 0.717) is 40.8 Å². The van der Waals surface area contributed by atoms with Crippen LogP contribution in [0.25, 0.3) is 0 Å². The second-order valence-corrected chi connectivity index (χ2v) is 11.1. The van der Waals surface area contributed by atoms with Gasteiger partial charge in [-0.2, -0.15) is 4.98 Å². The first-order chi connectivity index (χ1) is 19.7. The molecule has 216 valence electrons. The number of ether oxygens (including phenoxy) is 2. The minimum Gasteiger partial charge on any atom is -0.495 e. The Kier molecular flexibility index (Phi) is 8.32. The fraction of sp³-hybridized carbons (Fsp3) is 0.400. The highest BCUT2D eigenvalue weighted by Gasteiger charge is 2.30. The third-order valence-electron chi connectivity index (χ3n) is 7.81. The van der Waals surface area contributed by atoms with Crippen molar-refractivity contribution >= 4 is 35.1 Å². The van der Waals surface area contributed by atoms with E-state index in [1.54, 1.807) is 31.2 Å². The minimum absolute atomic E-state index is 0.107. The number of nitrogens with one attached hydrogen (secondary N) is 2. The number of benzene rings is 2. The first kappa shape index (κ1) is 28.6. The van der Waals surface area contributed by atoms with Crippen LogP contribution in [0.2, 0.25) is 5.02 Å². The first-order valence-electron chi connectivity index (χ1n) is 13.7. The average Bonchev–Trinajstić information content (AvgIpc) is 3.25. The maximum Gasteiger partial charge on any atom is 0.258 e. The second kappa shape index (κ2) is 11.9. The van der Waals surface area contributed by atoms with Crippen molar-refractivity contribution in [3.05, 3.63) is 63.8 Å². The highest BCUT2D eigenvalue weighted by Crippen LogP contribution is 2.36. The Hall–Kier alpha value is -3.89. The molecule has 11 heteroatoms. The van der Waals surface area contributed by atoms with Crippen molar-refractivity contribution in [1.29, 1.82) is 0 Å². The van der Waals surface area contributed by atoms with Crippen LogP contribution in [0, 0.1) is 12.8 Å². The van der Waals surface area contributed by atoms with Gasteiger partial charge in [-0.1, -0.05) is 37.1 Å². The Balaban J connectivity index is 1.36. The van der Waals surface area contributed by atoms with Crippen LogP contribution in [0.15, 0.2) is 36.5 Å². The molecule has 2 atom stereocenters. The molecule has 3 heterocycles. The molecule has 0 spiro atoms. The van der Waals surface area contributed by atoms with Crippen LogP contribution in [0.3, 0.4) is 0 Å². The number of carbonyl (C=O) groups is 2. The molecule has 2 aromatic carbocycles.